The minimum atomic E-state index is -0.930. The molecule has 1 heterocycles. The van der Waals surface area contributed by atoms with Crippen molar-refractivity contribution in [3.63, 3.8) is 0 Å². The molecule has 1 fully saturated rings. The lowest BCUT2D eigenvalue weighted by Crippen LogP contribution is -2.35. The van der Waals surface area contributed by atoms with Crippen LogP contribution >= 0.6 is 47.8 Å². The molecule has 14 heavy (non-hydrogen) atoms. The lowest BCUT2D eigenvalue weighted by atomic mass is 9.90. The van der Waals surface area contributed by atoms with Gasteiger partial charge in [-0.1, -0.05) is 37.9 Å². The number of carbonyl (C=O) groups is 2. The van der Waals surface area contributed by atoms with Crippen LogP contribution in [-0.4, -0.2) is 16.1 Å². The van der Waals surface area contributed by atoms with E-state index in [0.29, 0.717) is 4.48 Å². The van der Waals surface area contributed by atoms with Crippen LogP contribution in [0.25, 0.3) is 0 Å². The Labute approximate surface area is 105 Å². The summed E-state index contributed by atoms with van der Waals surface area (Å²) in [5, 5.41) is 2.29. The molecule has 6 heteroatoms. The molecule has 2 atom stereocenters. The highest BCUT2D eigenvalue weighted by molar-refractivity contribution is 9.14. The highest BCUT2D eigenvalue weighted by Crippen LogP contribution is 2.46. The van der Waals surface area contributed by atoms with E-state index in [2.05, 4.69) is 53.1 Å². The summed E-state index contributed by atoms with van der Waals surface area (Å²) >= 11 is 9.89. The van der Waals surface area contributed by atoms with E-state index in [-0.39, 0.29) is 11.8 Å². The quantitative estimate of drug-likeness (QED) is 0.512. The van der Waals surface area contributed by atoms with Gasteiger partial charge in [0.2, 0.25) is 11.8 Å². The van der Waals surface area contributed by atoms with E-state index in [0.717, 1.165) is 4.48 Å². The monoisotopic (exact) mass is 383 g/mol. The molecular formula is C8H4Br3NO2. The first-order chi connectivity index (χ1) is 6.47. The van der Waals surface area contributed by atoms with E-state index in [1.165, 1.54) is 0 Å². The van der Waals surface area contributed by atoms with Crippen molar-refractivity contribution in [2.75, 3.05) is 0 Å². The number of hydrogen-bond donors (Lipinski definition) is 1. The van der Waals surface area contributed by atoms with Crippen LogP contribution in [0.3, 0.4) is 0 Å². The molecule has 1 aliphatic heterocycles. The van der Waals surface area contributed by atoms with Gasteiger partial charge in [-0.25, -0.2) is 0 Å². The van der Waals surface area contributed by atoms with E-state index >= 15 is 0 Å². The first-order valence-corrected chi connectivity index (χ1v) is 6.13. The Morgan fingerprint density at radius 1 is 1.36 bits per heavy atom. The van der Waals surface area contributed by atoms with E-state index in [1.54, 1.807) is 12.2 Å². The number of hydrogen-bond acceptors (Lipinski definition) is 2. The topological polar surface area (TPSA) is 46.2 Å². The Morgan fingerprint density at radius 2 is 2.00 bits per heavy atom. The number of alkyl halides is 1. The number of amides is 2. The molecule has 1 saturated heterocycles. The molecule has 0 radical (unpaired) electrons. The maximum absolute atomic E-state index is 11.5. The van der Waals surface area contributed by atoms with Crippen LogP contribution in [0, 0.1) is 5.92 Å². The smallest absolute Gasteiger partial charge is 0.248 e. The molecule has 2 aliphatic rings. The second-order valence-corrected chi connectivity index (χ2v) is 6.07. The highest BCUT2D eigenvalue weighted by atomic mass is 79.9. The number of halogens is 3. The van der Waals surface area contributed by atoms with Gasteiger partial charge in [0.25, 0.3) is 0 Å². The minimum Gasteiger partial charge on any atom is -0.294 e. The highest BCUT2D eigenvalue weighted by Gasteiger charge is 2.55. The maximum atomic E-state index is 11.5. The van der Waals surface area contributed by atoms with Gasteiger partial charge in [0.1, 0.15) is 4.32 Å². The Bertz CT molecular complexity index is 401. The molecule has 0 aromatic heterocycles. The summed E-state index contributed by atoms with van der Waals surface area (Å²) in [6, 6.07) is 0. The van der Waals surface area contributed by atoms with Crippen LogP contribution in [0.15, 0.2) is 21.1 Å². The number of carbonyl (C=O) groups excluding carboxylic acids is 2. The van der Waals surface area contributed by atoms with Crippen molar-refractivity contribution in [3.05, 3.63) is 21.1 Å². The van der Waals surface area contributed by atoms with Crippen molar-refractivity contribution in [2.45, 2.75) is 4.32 Å². The molecule has 0 saturated carbocycles. The van der Waals surface area contributed by atoms with E-state index in [1.807, 2.05) is 0 Å². The van der Waals surface area contributed by atoms with Gasteiger partial charge in [-0.3, -0.25) is 14.9 Å². The fourth-order valence-corrected chi connectivity index (χ4v) is 3.52. The lowest BCUT2D eigenvalue weighted by Gasteiger charge is -2.24. The molecule has 74 valence electrons. The van der Waals surface area contributed by atoms with Gasteiger partial charge in [-0.05, 0) is 22.0 Å². The van der Waals surface area contributed by atoms with Gasteiger partial charge in [-0.2, -0.15) is 0 Å². The summed E-state index contributed by atoms with van der Waals surface area (Å²) in [4.78, 5) is 23.0. The Kier molecular flexibility index (Phi) is 2.48. The van der Waals surface area contributed by atoms with Crippen molar-refractivity contribution in [1.82, 2.24) is 5.32 Å². The molecule has 1 aliphatic carbocycles. The molecule has 0 bridgehead atoms. The maximum Gasteiger partial charge on any atom is 0.248 e. The van der Waals surface area contributed by atoms with Crippen LogP contribution in [0.4, 0.5) is 0 Å². The first-order valence-electron chi connectivity index (χ1n) is 3.75. The molecule has 2 amide bonds. The minimum absolute atomic E-state index is 0.292. The molecule has 1 N–H and O–H groups in total. The second-order valence-electron chi connectivity index (χ2n) is 3.05. The average Bonchev–Trinajstić information content (AvgIpc) is 2.33. The fraction of sp³-hybridized carbons (Fsp3) is 0.250. The second kappa shape index (κ2) is 3.28. The van der Waals surface area contributed by atoms with Crippen molar-refractivity contribution < 1.29 is 9.59 Å². The number of fused-ring (bicyclic) bond motifs is 1. The number of rotatable bonds is 0. The zero-order valence-corrected chi connectivity index (χ0v) is 11.4. The number of nitrogens with one attached hydrogen (secondary N) is 1. The van der Waals surface area contributed by atoms with E-state index < -0.39 is 10.2 Å². The third kappa shape index (κ3) is 1.27. The summed E-state index contributed by atoms with van der Waals surface area (Å²) < 4.78 is 0.530. The van der Waals surface area contributed by atoms with E-state index in [4.69, 9.17) is 0 Å². The van der Waals surface area contributed by atoms with Crippen LogP contribution in [0.1, 0.15) is 0 Å². The van der Waals surface area contributed by atoms with Gasteiger partial charge in [0.15, 0.2) is 0 Å². The fourth-order valence-electron chi connectivity index (χ4n) is 1.49. The Balaban J connectivity index is 2.57. The van der Waals surface area contributed by atoms with Crippen molar-refractivity contribution in [2.24, 2.45) is 5.92 Å². The zero-order valence-electron chi connectivity index (χ0n) is 6.68. The van der Waals surface area contributed by atoms with E-state index in [9.17, 15) is 9.59 Å². The Hall–Kier alpha value is 0.0600. The van der Waals surface area contributed by atoms with Gasteiger partial charge in [-0.15, -0.1) is 0 Å². The normalized spacial score (nSPS) is 36.1. The molecular weight excluding hydrogens is 382 g/mol. The summed E-state index contributed by atoms with van der Waals surface area (Å²) in [5.74, 6) is -1.13. The number of allylic oxidation sites excluding steroid dienone is 2. The SMILES string of the molecule is O=C1NC(=O)C2(Br)C=CC(Br)=C(Br)C12. The van der Waals surface area contributed by atoms with Crippen molar-refractivity contribution in [3.8, 4) is 0 Å². The average molecular weight is 386 g/mol. The zero-order chi connectivity index (χ0) is 10.5. The summed E-state index contributed by atoms with van der Waals surface area (Å²) in [6.07, 6.45) is 3.42. The van der Waals surface area contributed by atoms with Crippen LogP contribution in [0.5, 0.6) is 0 Å². The molecule has 0 spiro atoms. The molecule has 3 nitrogen and oxygen atoms in total. The van der Waals surface area contributed by atoms with Gasteiger partial charge >= 0.3 is 0 Å². The first kappa shape index (κ1) is 10.6. The van der Waals surface area contributed by atoms with Crippen LogP contribution in [-0.2, 0) is 9.59 Å². The molecule has 0 aromatic carbocycles. The summed E-state index contributed by atoms with van der Waals surface area (Å²) in [6.45, 7) is 0. The predicted molar refractivity (Wildman–Crippen MR) is 62.3 cm³/mol. The predicted octanol–water partition coefficient (Wildman–Crippen LogP) is 1.96. The van der Waals surface area contributed by atoms with Crippen molar-refractivity contribution >= 4 is 59.6 Å². The number of imide groups is 1. The largest absolute Gasteiger partial charge is 0.294 e. The van der Waals surface area contributed by atoms with Gasteiger partial charge in [0, 0.05) is 8.96 Å². The summed E-state index contributed by atoms with van der Waals surface area (Å²) in [5.41, 5.74) is 0. The standard InChI is InChI=1S/C8H4Br3NO2/c9-3-1-2-8(11)4(5(3)10)6(13)12-7(8)14/h1-2,4H,(H,12,13,14). The molecule has 2 rings (SSSR count). The lowest BCUT2D eigenvalue weighted by molar-refractivity contribution is -0.125. The van der Waals surface area contributed by atoms with Crippen LogP contribution in [0.2, 0.25) is 0 Å². The molecule has 0 aromatic rings. The van der Waals surface area contributed by atoms with Crippen LogP contribution < -0.4 is 5.32 Å². The van der Waals surface area contributed by atoms with Gasteiger partial charge < -0.3 is 0 Å². The van der Waals surface area contributed by atoms with Crippen molar-refractivity contribution in [1.29, 1.82) is 0 Å². The Morgan fingerprint density at radius 3 is 2.64 bits per heavy atom. The summed E-state index contributed by atoms with van der Waals surface area (Å²) in [7, 11) is 0. The van der Waals surface area contributed by atoms with Gasteiger partial charge in [0.05, 0.1) is 5.92 Å². The third-order valence-corrected chi connectivity index (χ3v) is 5.41. The molecule has 2 unspecified atom stereocenters. The third-order valence-electron chi connectivity index (χ3n) is 2.22.